The van der Waals surface area contributed by atoms with Gasteiger partial charge in [-0.05, 0) is 12.0 Å². The van der Waals surface area contributed by atoms with Crippen molar-refractivity contribution in [2.45, 2.75) is 6.42 Å². The van der Waals surface area contributed by atoms with Crippen molar-refractivity contribution in [2.75, 3.05) is 0 Å². The van der Waals surface area contributed by atoms with Crippen molar-refractivity contribution in [3.05, 3.63) is 84.5 Å². The van der Waals surface area contributed by atoms with Crippen LogP contribution in [0.1, 0.15) is 5.56 Å². The summed E-state index contributed by atoms with van der Waals surface area (Å²) < 4.78 is 0. The normalized spacial score (nSPS) is 15.6. The Labute approximate surface area is 97.3 Å². The molecule has 0 heteroatoms. The average Bonchev–Trinajstić information content (AvgIpc) is 2.83. The zero-order chi connectivity index (χ0) is 11.2. The van der Waals surface area contributed by atoms with Crippen molar-refractivity contribution in [2.24, 2.45) is 5.92 Å². The summed E-state index contributed by atoms with van der Waals surface area (Å²) in [6.07, 6.45) is 13.6. The monoisotopic (exact) mass is 208 g/mol. The molecule has 1 aromatic rings. The first-order valence-corrected chi connectivity index (χ1v) is 5.60. The molecule has 0 aromatic heterocycles. The highest BCUT2D eigenvalue weighted by molar-refractivity contribution is 5.34. The molecule has 0 spiro atoms. The van der Waals surface area contributed by atoms with Crippen LogP contribution in [0.3, 0.4) is 0 Å². The first kappa shape index (κ1) is 10.7. The van der Waals surface area contributed by atoms with Gasteiger partial charge in [0, 0.05) is 5.92 Å². The summed E-state index contributed by atoms with van der Waals surface area (Å²) in [6.45, 7) is 3.79. The van der Waals surface area contributed by atoms with Crippen LogP contribution in [-0.4, -0.2) is 0 Å². The second-order valence-corrected chi connectivity index (χ2v) is 3.94. The van der Waals surface area contributed by atoms with Gasteiger partial charge in [0.25, 0.3) is 0 Å². The van der Waals surface area contributed by atoms with Crippen LogP contribution in [-0.2, 0) is 6.42 Å². The van der Waals surface area contributed by atoms with Crippen LogP contribution >= 0.6 is 0 Å². The molecule has 0 saturated heterocycles. The van der Waals surface area contributed by atoms with Crippen LogP contribution in [0.4, 0.5) is 0 Å². The molecule has 0 atom stereocenters. The summed E-state index contributed by atoms with van der Waals surface area (Å²) in [5, 5.41) is 0. The van der Waals surface area contributed by atoms with E-state index in [1.165, 1.54) is 11.1 Å². The summed E-state index contributed by atoms with van der Waals surface area (Å²) in [7, 11) is 0. The minimum absolute atomic E-state index is 0.443. The van der Waals surface area contributed by atoms with Crippen LogP contribution in [0.15, 0.2) is 78.9 Å². The number of benzene rings is 1. The molecule has 80 valence electrons. The van der Waals surface area contributed by atoms with Crippen molar-refractivity contribution in [1.82, 2.24) is 0 Å². The zero-order valence-corrected chi connectivity index (χ0v) is 9.34. The molecular formula is C16H16. The molecule has 0 aliphatic heterocycles. The number of hydrogen-bond donors (Lipinski definition) is 0. The lowest BCUT2D eigenvalue weighted by atomic mass is 9.93. The maximum atomic E-state index is 3.79. The van der Waals surface area contributed by atoms with E-state index >= 15 is 0 Å². The minimum atomic E-state index is 0.443. The van der Waals surface area contributed by atoms with Gasteiger partial charge in [0.05, 0.1) is 0 Å². The topological polar surface area (TPSA) is 0 Å². The van der Waals surface area contributed by atoms with Gasteiger partial charge in [-0.3, -0.25) is 0 Å². The number of hydrogen-bond acceptors (Lipinski definition) is 0. The Balaban J connectivity index is 2.15. The van der Waals surface area contributed by atoms with E-state index in [4.69, 9.17) is 0 Å². The molecular weight excluding hydrogens is 192 g/mol. The van der Waals surface area contributed by atoms with Gasteiger partial charge in [-0.25, -0.2) is 0 Å². The zero-order valence-electron chi connectivity index (χ0n) is 9.34. The molecule has 16 heavy (non-hydrogen) atoms. The largest absolute Gasteiger partial charge is 0.0991 e. The third-order valence-corrected chi connectivity index (χ3v) is 2.76. The first-order chi connectivity index (χ1) is 7.90. The Morgan fingerprint density at radius 2 is 1.81 bits per heavy atom. The molecule has 0 nitrogen and oxygen atoms in total. The quantitative estimate of drug-likeness (QED) is 0.654. The van der Waals surface area contributed by atoms with Crippen molar-refractivity contribution in [3.8, 4) is 0 Å². The second kappa shape index (κ2) is 5.32. The maximum absolute atomic E-state index is 3.79. The molecule has 0 saturated carbocycles. The predicted octanol–water partition coefficient (Wildman–Crippen LogP) is 4.08. The van der Waals surface area contributed by atoms with Crippen molar-refractivity contribution >= 4 is 0 Å². The lowest BCUT2D eigenvalue weighted by molar-refractivity contribution is 0.918. The van der Waals surface area contributed by atoms with Gasteiger partial charge in [-0.1, -0.05) is 78.9 Å². The third kappa shape index (κ3) is 2.60. The van der Waals surface area contributed by atoms with Gasteiger partial charge in [0.15, 0.2) is 0 Å². The van der Waals surface area contributed by atoms with E-state index in [-0.39, 0.29) is 0 Å². The summed E-state index contributed by atoms with van der Waals surface area (Å²) in [5.41, 5.74) is 2.75. The van der Waals surface area contributed by atoms with E-state index in [9.17, 15) is 0 Å². The minimum Gasteiger partial charge on any atom is -0.0991 e. The molecule has 0 radical (unpaired) electrons. The Morgan fingerprint density at radius 1 is 1.12 bits per heavy atom. The van der Waals surface area contributed by atoms with E-state index in [2.05, 4.69) is 67.3 Å². The molecule has 0 N–H and O–H groups in total. The maximum Gasteiger partial charge on any atom is 0.0169 e. The van der Waals surface area contributed by atoms with Crippen molar-refractivity contribution < 1.29 is 0 Å². The molecule has 1 aromatic carbocycles. The van der Waals surface area contributed by atoms with Crippen LogP contribution in [0.25, 0.3) is 0 Å². The smallest absolute Gasteiger partial charge is 0.0169 e. The van der Waals surface area contributed by atoms with E-state index in [0.29, 0.717) is 5.92 Å². The molecule has 0 unspecified atom stereocenters. The van der Waals surface area contributed by atoms with Crippen molar-refractivity contribution in [1.29, 1.82) is 0 Å². The summed E-state index contributed by atoms with van der Waals surface area (Å²) in [5.74, 6) is 0.443. The molecule has 2 rings (SSSR count). The Bertz CT molecular complexity index is 420. The van der Waals surface area contributed by atoms with Gasteiger partial charge in [0.1, 0.15) is 0 Å². The standard InChI is InChI=1S/C16H16/c1-2-8-16(15-11-6-7-12-15)13-14-9-4-3-5-10-14/h2-12,15H,1,13H2. The van der Waals surface area contributed by atoms with Crippen LogP contribution < -0.4 is 0 Å². The van der Waals surface area contributed by atoms with Crippen LogP contribution in [0.2, 0.25) is 0 Å². The molecule has 1 aliphatic rings. The SMILES string of the molecule is C=CC=C(Cc1ccccc1)C1C=CC=C1. The fraction of sp³-hybridized carbons (Fsp3) is 0.125. The fourth-order valence-corrected chi connectivity index (χ4v) is 1.95. The highest BCUT2D eigenvalue weighted by Crippen LogP contribution is 2.22. The van der Waals surface area contributed by atoms with Gasteiger partial charge in [-0.2, -0.15) is 0 Å². The Morgan fingerprint density at radius 3 is 2.44 bits per heavy atom. The summed E-state index contributed by atoms with van der Waals surface area (Å²) in [6, 6.07) is 10.6. The average molecular weight is 208 g/mol. The second-order valence-electron chi connectivity index (χ2n) is 3.94. The Kier molecular flexibility index (Phi) is 3.55. The highest BCUT2D eigenvalue weighted by atomic mass is 14.1. The molecule has 0 amide bonds. The number of rotatable bonds is 4. The lowest BCUT2D eigenvalue weighted by Crippen LogP contribution is -1.99. The first-order valence-electron chi connectivity index (χ1n) is 5.60. The van der Waals surface area contributed by atoms with Gasteiger partial charge >= 0.3 is 0 Å². The van der Waals surface area contributed by atoms with Crippen molar-refractivity contribution in [3.63, 3.8) is 0 Å². The molecule has 0 bridgehead atoms. The Hall–Kier alpha value is -1.82. The number of allylic oxidation sites excluding steroid dienone is 7. The van der Waals surface area contributed by atoms with Crippen LogP contribution in [0.5, 0.6) is 0 Å². The molecule has 0 heterocycles. The van der Waals surface area contributed by atoms with E-state index in [1.807, 2.05) is 6.08 Å². The van der Waals surface area contributed by atoms with E-state index in [1.54, 1.807) is 0 Å². The van der Waals surface area contributed by atoms with E-state index in [0.717, 1.165) is 6.42 Å². The van der Waals surface area contributed by atoms with Gasteiger partial charge in [-0.15, -0.1) is 0 Å². The van der Waals surface area contributed by atoms with Gasteiger partial charge < -0.3 is 0 Å². The molecule has 1 aliphatic carbocycles. The summed E-state index contributed by atoms with van der Waals surface area (Å²) >= 11 is 0. The molecule has 0 fully saturated rings. The van der Waals surface area contributed by atoms with Crippen LogP contribution in [0, 0.1) is 5.92 Å². The van der Waals surface area contributed by atoms with E-state index < -0.39 is 0 Å². The fourth-order valence-electron chi connectivity index (χ4n) is 1.95. The van der Waals surface area contributed by atoms with Gasteiger partial charge in [0.2, 0.25) is 0 Å². The third-order valence-electron chi connectivity index (χ3n) is 2.76. The highest BCUT2D eigenvalue weighted by Gasteiger charge is 2.09. The predicted molar refractivity (Wildman–Crippen MR) is 70.2 cm³/mol. The lowest BCUT2D eigenvalue weighted by Gasteiger charge is -2.11. The summed E-state index contributed by atoms with van der Waals surface area (Å²) in [4.78, 5) is 0.